The van der Waals surface area contributed by atoms with Gasteiger partial charge in [0.15, 0.2) is 0 Å². The maximum atomic E-state index is 13.0. The first kappa shape index (κ1) is 16.2. The molecule has 0 saturated carbocycles. The predicted molar refractivity (Wildman–Crippen MR) is 94.7 cm³/mol. The fourth-order valence-electron chi connectivity index (χ4n) is 3.70. The minimum Gasteiger partial charge on any atom is -0.330 e. The van der Waals surface area contributed by atoms with E-state index in [-0.39, 0.29) is 23.7 Å². The first-order valence-electron chi connectivity index (χ1n) is 8.37. The second kappa shape index (κ2) is 6.53. The maximum Gasteiger partial charge on any atom is 0.273 e. The van der Waals surface area contributed by atoms with Crippen LogP contribution in [0.2, 0.25) is 0 Å². The predicted octanol–water partition coefficient (Wildman–Crippen LogP) is 2.68. The molecule has 2 saturated heterocycles. The summed E-state index contributed by atoms with van der Waals surface area (Å²) < 4.78 is 0. The van der Waals surface area contributed by atoms with Crippen LogP contribution < -0.4 is 5.32 Å². The van der Waals surface area contributed by atoms with Crippen LogP contribution in [0.15, 0.2) is 29.6 Å². The van der Waals surface area contributed by atoms with Crippen molar-refractivity contribution in [3.8, 4) is 10.6 Å². The molecule has 1 N–H and O–H groups in total. The lowest BCUT2D eigenvalue weighted by Gasteiger charge is -2.27. The van der Waals surface area contributed by atoms with Gasteiger partial charge in [-0.05, 0) is 25.8 Å². The minimum atomic E-state index is -0.426. The molecule has 25 heavy (non-hydrogen) atoms. The molecule has 7 nitrogen and oxygen atoms in total. The Morgan fingerprint density at radius 3 is 3.00 bits per heavy atom. The Hall–Kier alpha value is -2.32. The van der Waals surface area contributed by atoms with E-state index in [1.807, 2.05) is 4.90 Å². The van der Waals surface area contributed by atoms with Crippen molar-refractivity contribution in [3.63, 3.8) is 0 Å². The van der Waals surface area contributed by atoms with Crippen molar-refractivity contribution in [1.82, 2.24) is 15.2 Å². The quantitative estimate of drug-likeness (QED) is 0.673. The summed E-state index contributed by atoms with van der Waals surface area (Å²) in [7, 11) is 0. The molecule has 2 unspecified atom stereocenters. The van der Waals surface area contributed by atoms with Gasteiger partial charge in [0, 0.05) is 41.7 Å². The standard InChI is InChI=1S/C17H18N4O3S/c22-17(20-12-4-5-14(20)9-18-7-6-12)15-10-25-16(19-15)11-2-1-3-13(8-11)21(23)24/h1-3,8,10,12,14,18H,4-7,9H2. The largest absolute Gasteiger partial charge is 0.330 e. The van der Waals surface area contributed by atoms with Crippen LogP contribution in [0, 0.1) is 10.1 Å². The van der Waals surface area contributed by atoms with Crippen molar-refractivity contribution in [2.24, 2.45) is 0 Å². The van der Waals surface area contributed by atoms with Gasteiger partial charge >= 0.3 is 0 Å². The zero-order valence-corrected chi connectivity index (χ0v) is 14.4. The number of hydrogen-bond acceptors (Lipinski definition) is 6. The number of carbonyl (C=O) groups excluding carboxylic acids is 1. The lowest BCUT2D eigenvalue weighted by atomic mass is 10.1. The number of rotatable bonds is 3. The van der Waals surface area contributed by atoms with E-state index >= 15 is 0 Å². The van der Waals surface area contributed by atoms with Crippen LogP contribution in [0.5, 0.6) is 0 Å². The van der Waals surface area contributed by atoms with Crippen LogP contribution in [0.3, 0.4) is 0 Å². The molecule has 130 valence electrons. The molecule has 0 radical (unpaired) electrons. The third-order valence-corrected chi connectivity index (χ3v) is 5.81. The summed E-state index contributed by atoms with van der Waals surface area (Å²) in [5.74, 6) is -0.0240. The Bertz CT molecular complexity index is 808. The number of carbonyl (C=O) groups is 1. The molecule has 2 aromatic rings. The monoisotopic (exact) mass is 358 g/mol. The Morgan fingerprint density at radius 1 is 1.32 bits per heavy atom. The zero-order valence-electron chi connectivity index (χ0n) is 13.6. The number of nitrogens with one attached hydrogen (secondary N) is 1. The third-order valence-electron chi connectivity index (χ3n) is 4.92. The minimum absolute atomic E-state index is 0.0240. The molecule has 2 fully saturated rings. The number of hydrogen-bond donors (Lipinski definition) is 1. The fourth-order valence-corrected chi connectivity index (χ4v) is 4.49. The summed E-state index contributed by atoms with van der Waals surface area (Å²) in [5, 5.41) is 16.7. The first-order valence-corrected chi connectivity index (χ1v) is 9.25. The summed E-state index contributed by atoms with van der Waals surface area (Å²) >= 11 is 1.35. The highest BCUT2D eigenvalue weighted by molar-refractivity contribution is 7.13. The number of nitro benzene ring substituents is 1. The van der Waals surface area contributed by atoms with E-state index in [4.69, 9.17) is 0 Å². The molecule has 1 aromatic heterocycles. The Morgan fingerprint density at radius 2 is 2.16 bits per heavy atom. The molecular formula is C17H18N4O3S. The molecule has 2 atom stereocenters. The van der Waals surface area contributed by atoms with E-state index in [1.54, 1.807) is 17.5 Å². The van der Waals surface area contributed by atoms with Crippen LogP contribution in [0.25, 0.3) is 10.6 Å². The van der Waals surface area contributed by atoms with Crippen molar-refractivity contribution in [3.05, 3.63) is 45.5 Å². The topological polar surface area (TPSA) is 88.4 Å². The summed E-state index contributed by atoms with van der Waals surface area (Å²) in [4.78, 5) is 29.9. The maximum absolute atomic E-state index is 13.0. The van der Waals surface area contributed by atoms with Gasteiger partial charge in [0.1, 0.15) is 10.7 Å². The number of aromatic nitrogens is 1. The number of nitrogens with zero attached hydrogens (tertiary/aromatic N) is 3. The molecule has 2 bridgehead atoms. The molecule has 4 rings (SSSR count). The molecule has 8 heteroatoms. The van der Waals surface area contributed by atoms with Crippen molar-refractivity contribution < 1.29 is 9.72 Å². The van der Waals surface area contributed by atoms with Crippen LogP contribution in [0.4, 0.5) is 5.69 Å². The number of amides is 1. The SMILES string of the molecule is O=C(c1csc(-c2cccc([N+](=O)[O-])c2)n1)N1C2CCNCC1CC2. The summed E-state index contributed by atoms with van der Waals surface area (Å²) in [6, 6.07) is 6.88. The van der Waals surface area contributed by atoms with E-state index in [0.29, 0.717) is 16.3 Å². The second-order valence-corrected chi connectivity index (χ2v) is 7.29. The normalized spacial score (nSPS) is 22.6. The number of benzene rings is 1. The van der Waals surface area contributed by atoms with Crippen molar-refractivity contribution >= 4 is 22.9 Å². The third kappa shape index (κ3) is 3.03. The molecule has 0 spiro atoms. The lowest BCUT2D eigenvalue weighted by Crippen LogP contribution is -2.42. The second-order valence-electron chi connectivity index (χ2n) is 6.44. The number of nitro groups is 1. The summed E-state index contributed by atoms with van der Waals surface area (Å²) in [6.45, 7) is 1.78. The molecule has 1 aromatic carbocycles. The number of non-ortho nitro benzene ring substituents is 1. The van der Waals surface area contributed by atoms with Crippen LogP contribution in [-0.2, 0) is 0 Å². The van der Waals surface area contributed by atoms with Gasteiger partial charge in [-0.15, -0.1) is 11.3 Å². The highest BCUT2D eigenvalue weighted by Crippen LogP contribution is 2.32. The van der Waals surface area contributed by atoms with E-state index < -0.39 is 4.92 Å². The van der Waals surface area contributed by atoms with Crippen molar-refractivity contribution in [2.45, 2.75) is 31.3 Å². The first-order chi connectivity index (χ1) is 12.1. The van der Waals surface area contributed by atoms with Gasteiger partial charge < -0.3 is 10.2 Å². The van der Waals surface area contributed by atoms with E-state index in [9.17, 15) is 14.9 Å². The summed E-state index contributed by atoms with van der Waals surface area (Å²) in [6.07, 6.45) is 3.06. The van der Waals surface area contributed by atoms with Crippen molar-refractivity contribution in [2.75, 3.05) is 13.1 Å². The van der Waals surface area contributed by atoms with Gasteiger partial charge in [-0.1, -0.05) is 12.1 Å². The highest BCUT2D eigenvalue weighted by Gasteiger charge is 2.39. The molecule has 1 amide bonds. The van der Waals surface area contributed by atoms with Gasteiger partial charge in [-0.2, -0.15) is 0 Å². The Kier molecular flexibility index (Phi) is 4.22. The molecule has 2 aliphatic heterocycles. The van der Waals surface area contributed by atoms with Crippen LogP contribution >= 0.6 is 11.3 Å². The number of fused-ring (bicyclic) bond motifs is 2. The molecule has 0 aliphatic carbocycles. The van der Waals surface area contributed by atoms with Gasteiger partial charge in [0.05, 0.1) is 4.92 Å². The Balaban J connectivity index is 1.60. The van der Waals surface area contributed by atoms with Crippen molar-refractivity contribution in [1.29, 1.82) is 0 Å². The molecule has 2 aliphatic rings. The molecular weight excluding hydrogens is 340 g/mol. The van der Waals surface area contributed by atoms with Gasteiger partial charge in [-0.25, -0.2) is 4.98 Å². The smallest absolute Gasteiger partial charge is 0.273 e. The fraction of sp³-hybridized carbons (Fsp3) is 0.412. The van der Waals surface area contributed by atoms with E-state index in [0.717, 1.165) is 32.4 Å². The average Bonchev–Trinajstić information content (AvgIpc) is 3.18. The van der Waals surface area contributed by atoms with Gasteiger partial charge in [0.25, 0.3) is 11.6 Å². The van der Waals surface area contributed by atoms with Crippen LogP contribution in [-0.4, -0.2) is 45.9 Å². The number of thiazole rings is 1. The Labute approximate surface area is 148 Å². The zero-order chi connectivity index (χ0) is 17.4. The van der Waals surface area contributed by atoms with Crippen LogP contribution in [0.1, 0.15) is 29.8 Å². The lowest BCUT2D eigenvalue weighted by molar-refractivity contribution is -0.384. The molecule has 3 heterocycles. The highest BCUT2D eigenvalue weighted by atomic mass is 32.1. The summed E-state index contributed by atoms with van der Waals surface area (Å²) in [5.41, 5.74) is 1.13. The van der Waals surface area contributed by atoms with E-state index in [1.165, 1.54) is 23.5 Å². The van der Waals surface area contributed by atoms with E-state index in [2.05, 4.69) is 10.3 Å². The van der Waals surface area contributed by atoms with Gasteiger partial charge in [-0.3, -0.25) is 14.9 Å². The van der Waals surface area contributed by atoms with Gasteiger partial charge in [0.2, 0.25) is 0 Å². The average molecular weight is 358 g/mol.